The number of methoxy groups -OCH3 is 1. The Morgan fingerprint density at radius 3 is 2.88 bits per heavy atom. The van der Waals surface area contributed by atoms with E-state index in [9.17, 15) is 4.79 Å². The molecule has 0 N–H and O–H groups in total. The van der Waals surface area contributed by atoms with Gasteiger partial charge in [-0.2, -0.15) is 0 Å². The van der Waals surface area contributed by atoms with Crippen LogP contribution in [0.5, 0.6) is 5.75 Å². The fourth-order valence-electron chi connectivity index (χ4n) is 1.11. The Bertz CT molecular complexity index is 401. The Labute approximate surface area is 106 Å². The summed E-state index contributed by atoms with van der Waals surface area (Å²) in [5.74, 6) is 1.21. The van der Waals surface area contributed by atoms with Crippen LogP contribution >= 0.6 is 11.8 Å². The molecule has 3 nitrogen and oxygen atoms in total. The maximum absolute atomic E-state index is 11.1. The van der Waals surface area contributed by atoms with Crippen molar-refractivity contribution in [3.8, 4) is 5.75 Å². The summed E-state index contributed by atoms with van der Waals surface area (Å²) >= 11 is 1.62. The van der Waals surface area contributed by atoms with Crippen molar-refractivity contribution >= 4 is 17.7 Å². The molecule has 0 saturated heterocycles. The van der Waals surface area contributed by atoms with Gasteiger partial charge in [0.2, 0.25) is 0 Å². The number of carbonyl (C=O) groups is 1. The van der Waals surface area contributed by atoms with Crippen LogP contribution in [-0.2, 0) is 9.53 Å². The van der Waals surface area contributed by atoms with Gasteiger partial charge in [0.15, 0.2) is 0 Å². The molecule has 0 aromatic heterocycles. The lowest BCUT2D eigenvalue weighted by molar-refractivity contribution is -0.138. The van der Waals surface area contributed by atoms with Gasteiger partial charge in [-0.1, -0.05) is 12.6 Å². The van der Waals surface area contributed by atoms with Crippen LogP contribution < -0.4 is 4.74 Å². The van der Waals surface area contributed by atoms with Gasteiger partial charge in [-0.15, -0.1) is 11.8 Å². The van der Waals surface area contributed by atoms with Gasteiger partial charge in [0, 0.05) is 16.2 Å². The summed E-state index contributed by atoms with van der Waals surface area (Å²) in [4.78, 5) is 12.2. The van der Waals surface area contributed by atoms with Gasteiger partial charge in [0.1, 0.15) is 12.4 Å². The Morgan fingerprint density at radius 1 is 1.47 bits per heavy atom. The average Bonchev–Trinajstić information content (AvgIpc) is 2.34. The van der Waals surface area contributed by atoms with Crippen molar-refractivity contribution < 1.29 is 14.3 Å². The molecule has 0 aliphatic rings. The summed E-state index contributed by atoms with van der Waals surface area (Å²) in [6.45, 7) is 5.54. The Hall–Kier alpha value is -1.42. The van der Waals surface area contributed by atoms with E-state index in [1.807, 2.05) is 24.3 Å². The second-order valence-corrected chi connectivity index (χ2v) is 4.61. The zero-order valence-corrected chi connectivity index (χ0v) is 10.9. The van der Waals surface area contributed by atoms with E-state index >= 15 is 0 Å². The molecule has 0 heterocycles. The van der Waals surface area contributed by atoms with Crippen molar-refractivity contribution in [2.24, 2.45) is 0 Å². The molecule has 17 heavy (non-hydrogen) atoms. The quantitative estimate of drug-likeness (QED) is 0.337. The molecule has 4 heteroatoms. The van der Waals surface area contributed by atoms with Crippen LogP contribution in [0, 0.1) is 0 Å². The molecule has 0 spiro atoms. The van der Waals surface area contributed by atoms with E-state index in [0.717, 1.165) is 10.6 Å². The SMILES string of the molecule is C=C(C)C(=O)OCCSc1cccc(OC)c1. The predicted molar refractivity (Wildman–Crippen MR) is 69.5 cm³/mol. The van der Waals surface area contributed by atoms with Crippen molar-refractivity contribution in [1.82, 2.24) is 0 Å². The second kappa shape index (κ2) is 7.01. The first-order valence-corrected chi connectivity index (χ1v) is 6.21. The minimum Gasteiger partial charge on any atom is -0.497 e. The zero-order valence-electron chi connectivity index (χ0n) is 10.1. The van der Waals surface area contributed by atoms with Crippen molar-refractivity contribution in [3.63, 3.8) is 0 Å². The lowest BCUT2D eigenvalue weighted by Crippen LogP contribution is -2.07. The third-order valence-electron chi connectivity index (χ3n) is 1.97. The highest BCUT2D eigenvalue weighted by Gasteiger charge is 2.02. The van der Waals surface area contributed by atoms with Crippen LogP contribution in [0.1, 0.15) is 6.92 Å². The normalized spacial score (nSPS) is 9.76. The van der Waals surface area contributed by atoms with Gasteiger partial charge >= 0.3 is 5.97 Å². The lowest BCUT2D eigenvalue weighted by Gasteiger charge is -2.05. The molecule has 0 aliphatic heterocycles. The molecule has 0 fully saturated rings. The lowest BCUT2D eigenvalue weighted by atomic mass is 10.3. The van der Waals surface area contributed by atoms with Gasteiger partial charge < -0.3 is 9.47 Å². The molecule has 92 valence electrons. The number of carbonyl (C=O) groups excluding carboxylic acids is 1. The van der Waals surface area contributed by atoms with Crippen LogP contribution in [0.25, 0.3) is 0 Å². The molecule has 0 atom stereocenters. The number of benzene rings is 1. The summed E-state index contributed by atoms with van der Waals surface area (Å²) in [5, 5.41) is 0. The first-order chi connectivity index (χ1) is 8.13. The average molecular weight is 252 g/mol. The number of hydrogen-bond donors (Lipinski definition) is 0. The topological polar surface area (TPSA) is 35.5 Å². The summed E-state index contributed by atoms with van der Waals surface area (Å²) in [6.07, 6.45) is 0. The van der Waals surface area contributed by atoms with Crippen molar-refractivity contribution in [3.05, 3.63) is 36.4 Å². The van der Waals surface area contributed by atoms with Crippen LogP contribution in [0.4, 0.5) is 0 Å². The van der Waals surface area contributed by atoms with E-state index in [0.29, 0.717) is 17.9 Å². The van der Waals surface area contributed by atoms with E-state index in [1.165, 1.54) is 0 Å². The highest BCUT2D eigenvalue weighted by molar-refractivity contribution is 7.99. The number of thioether (sulfide) groups is 1. The molecule has 1 aromatic carbocycles. The van der Waals surface area contributed by atoms with Gasteiger partial charge in [-0.05, 0) is 25.1 Å². The molecular formula is C13H16O3S. The molecule has 0 aliphatic carbocycles. The Kier molecular flexibility index (Phi) is 5.63. The van der Waals surface area contributed by atoms with E-state index in [1.54, 1.807) is 25.8 Å². The second-order valence-electron chi connectivity index (χ2n) is 3.44. The van der Waals surface area contributed by atoms with Crippen LogP contribution in [0.15, 0.2) is 41.3 Å². The minimum absolute atomic E-state index is 0.337. The zero-order chi connectivity index (χ0) is 12.7. The molecule has 1 aromatic rings. The summed E-state index contributed by atoms with van der Waals surface area (Å²) in [5.41, 5.74) is 0.427. The third-order valence-corrected chi connectivity index (χ3v) is 2.93. The van der Waals surface area contributed by atoms with E-state index in [-0.39, 0.29) is 5.97 Å². The van der Waals surface area contributed by atoms with E-state index < -0.39 is 0 Å². The Balaban J connectivity index is 2.31. The van der Waals surface area contributed by atoms with Gasteiger partial charge in [-0.3, -0.25) is 0 Å². The maximum atomic E-state index is 11.1. The number of esters is 1. The summed E-state index contributed by atoms with van der Waals surface area (Å²) in [6, 6.07) is 7.77. The van der Waals surface area contributed by atoms with Crippen LogP contribution in [0.2, 0.25) is 0 Å². The molecule has 0 amide bonds. The first-order valence-electron chi connectivity index (χ1n) is 5.23. The smallest absolute Gasteiger partial charge is 0.333 e. The van der Waals surface area contributed by atoms with Crippen LogP contribution in [0.3, 0.4) is 0 Å². The molecular weight excluding hydrogens is 236 g/mol. The molecule has 0 radical (unpaired) electrons. The minimum atomic E-state index is -0.337. The largest absolute Gasteiger partial charge is 0.497 e. The molecule has 1 rings (SSSR count). The highest BCUT2D eigenvalue weighted by atomic mass is 32.2. The summed E-state index contributed by atoms with van der Waals surface area (Å²) < 4.78 is 10.1. The molecule has 0 unspecified atom stereocenters. The van der Waals surface area contributed by atoms with Gasteiger partial charge in [-0.25, -0.2) is 4.79 Å². The number of rotatable bonds is 6. The van der Waals surface area contributed by atoms with Gasteiger partial charge in [0.25, 0.3) is 0 Å². The fraction of sp³-hybridized carbons (Fsp3) is 0.308. The molecule has 0 bridgehead atoms. The predicted octanol–water partition coefficient (Wildman–Crippen LogP) is 2.91. The first kappa shape index (κ1) is 13.6. The number of ether oxygens (including phenoxy) is 2. The third kappa shape index (κ3) is 4.95. The monoisotopic (exact) mass is 252 g/mol. The fourth-order valence-corrected chi connectivity index (χ4v) is 1.88. The van der Waals surface area contributed by atoms with E-state index in [2.05, 4.69) is 6.58 Å². The van der Waals surface area contributed by atoms with Crippen molar-refractivity contribution in [2.75, 3.05) is 19.5 Å². The number of hydrogen-bond acceptors (Lipinski definition) is 4. The Morgan fingerprint density at radius 2 is 2.24 bits per heavy atom. The van der Waals surface area contributed by atoms with E-state index in [4.69, 9.17) is 9.47 Å². The maximum Gasteiger partial charge on any atom is 0.333 e. The van der Waals surface area contributed by atoms with Crippen molar-refractivity contribution in [1.29, 1.82) is 0 Å². The summed E-state index contributed by atoms with van der Waals surface area (Å²) in [7, 11) is 1.64. The standard InChI is InChI=1S/C13H16O3S/c1-10(2)13(14)16-7-8-17-12-6-4-5-11(9-12)15-3/h4-6,9H,1,7-8H2,2-3H3. The highest BCUT2D eigenvalue weighted by Crippen LogP contribution is 2.22. The van der Waals surface area contributed by atoms with Gasteiger partial charge in [0.05, 0.1) is 7.11 Å². The molecule has 0 saturated carbocycles. The van der Waals surface area contributed by atoms with Crippen molar-refractivity contribution in [2.45, 2.75) is 11.8 Å². The van der Waals surface area contributed by atoms with Crippen LogP contribution in [-0.4, -0.2) is 25.4 Å².